The van der Waals surface area contributed by atoms with Crippen LogP contribution in [-0.2, 0) is 0 Å². The van der Waals surface area contributed by atoms with Gasteiger partial charge in [-0.3, -0.25) is 4.98 Å². The minimum absolute atomic E-state index is 0.337. The maximum absolute atomic E-state index is 12.9. The number of benzene rings is 2. The molecule has 6 heteroatoms. The number of likely N-dealkylation sites (tertiary alicyclic amines) is 1. The molecule has 1 amide bonds. The van der Waals surface area contributed by atoms with Crippen molar-refractivity contribution >= 4 is 28.6 Å². The second-order valence-corrected chi connectivity index (χ2v) is 7.69. The zero-order valence-corrected chi connectivity index (χ0v) is 17.5. The predicted molar refractivity (Wildman–Crippen MR) is 115 cm³/mol. The van der Waals surface area contributed by atoms with Gasteiger partial charge in [0.05, 0.1) is 17.6 Å². The highest BCUT2D eigenvalue weighted by atomic mass is 35.5. The zero-order chi connectivity index (χ0) is 20.5. The van der Waals surface area contributed by atoms with Crippen molar-refractivity contribution in [2.75, 3.05) is 20.2 Å². The van der Waals surface area contributed by atoms with E-state index in [2.05, 4.69) is 0 Å². The molecule has 0 radical (unpaired) electrons. The summed E-state index contributed by atoms with van der Waals surface area (Å²) in [6.45, 7) is 5.39. The minimum Gasteiger partial charge on any atom is -0.495 e. The van der Waals surface area contributed by atoms with Crippen LogP contribution in [0.5, 0.6) is 11.5 Å². The molecule has 1 aromatic heterocycles. The molecule has 1 aliphatic rings. The zero-order valence-electron chi connectivity index (χ0n) is 16.8. The Morgan fingerprint density at radius 1 is 1.14 bits per heavy atom. The molecule has 1 fully saturated rings. The van der Waals surface area contributed by atoms with Crippen LogP contribution in [0.25, 0.3) is 22.0 Å². The van der Waals surface area contributed by atoms with Crippen LogP contribution in [0, 0.1) is 13.8 Å². The van der Waals surface area contributed by atoms with E-state index < -0.39 is 0 Å². The largest absolute Gasteiger partial charge is 0.495 e. The second-order valence-electron chi connectivity index (χ2n) is 7.28. The lowest BCUT2D eigenvalue weighted by Crippen LogP contribution is -2.30. The summed E-state index contributed by atoms with van der Waals surface area (Å²) >= 11 is 6.40. The number of methoxy groups -OCH3 is 1. The summed E-state index contributed by atoms with van der Waals surface area (Å²) < 4.78 is 11.4. The number of rotatable bonds is 3. The third kappa shape index (κ3) is 3.62. The van der Waals surface area contributed by atoms with Gasteiger partial charge in [-0.2, -0.15) is 0 Å². The van der Waals surface area contributed by atoms with E-state index in [1.807, 2.05) is 38.1 Å². The Kier molecular flexibility index (Phi) is 5.33. The number of amides is 1. The van der Waals surface area contributed by atoms with Crippen LogP contribution in [-0.4, -0.2) is 36.2 Å². The molecule has 1 saturated heterocycles. The van der Waals surface area contributed by atoms with Crippen molar-refractivity contribution in [3.8, 4) is 22.6 Å². The van der Waals surface area contributed by atoms with Crippen LogP contribution in [0.2, 0.25) is 5.02 Å². The van der Waals surface area contributed by atoms with E-state index in [1.165, 1.54) is 0 Å². The van der Waals surface area contributed by atoms with Crippen molar-refractivity contribution in [2.45, 2.75) is 26.7 Å². The summed E-state index contributed by atoms with van der Waals surface area (Å²) in [6, 6.07) is 11.5. The number of pyridine rings is 1. The van der Waals surface area contributed by atoms with Gasteiger partial charge in [0.25, 0.3) is 0 Å². The fraction of sp³-hybridized carbons (Fsp3) is 0.304. The summed E-state index contributed by atoms with van der Waals surface area (Å²) in [5, 5.41) is 1.13. The second kappa shape index (κ2) is 7.91. The van der Waals surface area contributed by atoms with E-state index in [0.29, 0.717) is 27.4 Å². The predicted octanol–water partition coefficient (Wildman–Crippen LogP) is 5.78. The number of nitrogens with zero attached hydrogens (tertiary/aromatic N) is 2. The highest BCUT2D eigenvalue weighted by Gasteiger charge is 2.25. The number of aromatic nitrogens is 1. The average Bonchev–Trinajstić information content (AvgIpc) is 3.24. The van der Waals surface area contributed by atoms with E-state index in [-0.39, 0.29) is 6.09 Å². The third-order valence-electron chi connectivity index (χ3n) is 5.36. The highest BCUT2D eigenvalue weighted by molar-refractivity contribution is 6.33. The summed E-state index contributed by atoms with van der Waals surface area (Å²) in [4.78, 5) is 19.4. The third-order valence-corrected chi connectivity index (χ3v) is 5.66. The van der Waals surface area contributed by atoms with Gasteiger partial charge in [0.2, 0.25) is 0 Å². The van der Waals surface area contributed by atoms with Crippen LogP contribution in [0.3, 0.4) is 0 Å². The van der Waals surface area contributed by atoms with Crippen LogP contribution in [0.15, 0.2) is 36.4 Å². The van der Waals surface area contributed by atoms with E-state index in [9.17, 15) is 4.79 Å². The molecule has 0 N–H and O–H groups in total. The number of carbonyl (C=O) groups excluding carboxylic acids is 1. The first-order valence-electron chi connectivity index (χ1n) is 9.70. The number of carbonyl (C=O) groups is 1. The van der Waals surface area contributed by atoms with Gasteiger partial charge in [-0.05, 0) is 43.9 Å². The Balaban J connectivity index is 1.96. The SMILES string of the molecule is COc1cc2nc(C)c(-c3ccccc3C)c(OC(=O)N3CCCC3)c2cc1Cl. The molecule has 29 heavy (non-hydrogen) atoms. The van der Waals surface area contributed by atoms with Crippen LogP contribution in [0.4, 0.5) is 4.79 Å². The van der Waals surface area contributed by atoms with Gasteiger partial charge in [-0.15, -0.1) is 0 Å². The van der Waals surface area contributed by atoms with Gasteiger partial charge in [0, 0.05) is 35.8 Å². The van der Waals surface area contributed by atoms with E-state index in [0.717, 1.165) is 48.3 Å². The summed E-state index contributed by atoms with van der Waals surface area (Å²) in [5.74, 6) is 1.02. The molecule has 0 aliphatic carbocycles. The lowest BCUT2D eigenvalue weighted by atomic mass is 9.96. The van der Waals surface area contributed by atoms with E-state index >= 15 is 0 Å². The molecule has 150 valence electrons. The van der Waals surface area contributed by atoms with Gasteiger partial charge in [0.15, 0.2) is 5.75 Å². The molecule has 5 nitrogen and oxygen atoms in total. The van der Waals surface area contributed by atoms with Crippen molar-refractivity contribution in [1.82, 2.24) is 9.88 Å². The first kappa shape index (κ1) is 19.5. The van der Waals surface area contributed by atoms with Gasteiger partial charge < -0.3 is 14.4 Å². The molecule has 0 spiro atoms. The minimum atomic E-state index is -0.337. The summed E-state index contributed by atoms with van der Waals surface area (Å²) in [6.07, 6.45) is 1.66. The monoisotopic (exact) mass is 410 g/mol. The molecule has 0 atom stereocenters. The fourth-order valence-electron chi connectivity index (χ4n) is 3.84. The quantitative estimate of drug-likeness (QED) is 0.549. The smallest absolute Gasteiger partial charge is 0.415 e. The fourth-order valence-corrected chi connectivity index (χ4v) is 4.08. The summed E-state index contributed by atoms with van der Waals surface area (Å²) in [5.41, 5.74) is 4.32. The Hall–Kier alpha value is -2.79. The van der Waals surface area contributed by atoms with Crippen LogP contribution >= 0.6 is 11.6 Å². The number of aryl methyl sites for hydroxylation is 2. The van der Waals surface area contributed by atoms with Gasteiger partial charge in [-0.25, -0.2) is 4.79 Å². The lowest BCUT2D eigenvalue weighted by molar-refractivity contribution is 0.163. The van der Waals surface area contributed by atoms with Crippen molar-refractivity contribution < 1.29 is 14.3 Å². The van der Waals surface area contributed by atoms with Crippen molar-refractivity contribution in [3.63, 3.8) is 0 Å². The van der Waals surface area contributed by atoms with Gasteiger partial charge >= 0.3 is 6.09 Å². The molecule has 0 saturated carbocycles. The van der Waals surface area contributed by atoms with Crippen LogP contribution < -0.4 is 9.47 Å². The highest BCUT2D eigenvalue weighted by Crippen LogP contribution is 2.42. The first-order chi connectivity index (χ1) is 14.0. The van der Waals surface area contributed by atoms with Crippen molar-refractivity contribution in [1.29, 1.82) is 0 Å². The maximum Gasteiger partial charge on any atom is 0.415 e. The Morgan fingerprint density at radius 2 is 1.86 bits per heavy atom. The van der Waals surface area contributed by atoms with Crippen molar-refractivity contribution in [3.05, 3.63) is 52.7 Å². The Bertz CT molecular complexity index is 1090. The van der Waals surface area contributed by atoms with Gasteiger partial charge in [-0.1, -0.05) is 35.9 Å². The number of hydrogen-bond donors (Lipinski definition) is 0. The average molecular weight is 411 g/mol. The van der Waals surface area contributed by atoms with Gasteiger partial charge in [0.1, 0.15) is 5.75 Å². The molecule has 1 aliphatic heterocycles. The molecule has 0 unspecified atom stereocenters. The normalized spacial score (nSPS) is 13.7. The Labute approximate surface area is 175 Å². The Morgan fingerprint density at radius 3 is 2.55 bits per heavy atom. The standard InChI is InChI=1S/C23H23ClN2O3/c1-14-8-4-5-9-16(14)21-15(2)25-19-13-20(28-3)18(24)12-17(19)22(21)29-23(27)26-10-6-7-11-26/h4-5,8-9,12-13H,6-7,10-11H2,1-3H3. The molecule has 0 bridgehead atoms. The van der Waals surface area contributed by atoms with Crippen molar-refractivity contribution in [2.24, 2.45) is 0 Å². The van der Waals surface area contributed by atoms with Crippen LogP contribution in [0.1, 0.15) is 24.1 Å². The van der Waals surface area contributed by atoms with E-state index in [4.69, 9.17) is 26.1 Å². The summed E-state index contributed by atoms with van der Waals surface area (Å²) in [7, 11) is 1.57. The molecule has 3 aromatic rings. The topological polar surface area (TPSA) is 51.7 Å². The molecule has 2 aromatic carbocycles. The lowest BCUT2D eigenvalue weighted by Gasteiger charge is -2.20. The number of hydrogen-bond acceptors (Lipinski definition) is 4. The maximum atomic E-state index is 12.9. The first-order valence-corrected chi connectivity index (χ1v) is 10.1. The number of halogens is 1. The van der Waals surface area contributed by atoms with E-state index in [1.54, 1.807) is 24.1 Å². The number of ether oxygens (including phenoxy) is 2. The molecule has 4 rings (SSSR count). The molecular weight excluding hydrogens is 388 g/mol. The molecule has 2 heterocycles. The molecular formula is C23H23ClN2O3. The number of fused-ring (bicyclic) bond motifs is 1.